The van der Waals surface area contributed by atoms with E-state index in [4.69, 9.17) is 0 Å². The SMILES string of the molecule is CC(C)CN1Cc2c(ccc3[nH]ncc23)C[C@@H](NC(=O)N2CCC(N3Cc4ccccc4NC3=O)CC2)C1=O. The lowest BCUT2D eigenvalue weighted by molar-refractivity contribution is -0.134. The van der Waals surface area contributed by atoms with Crippen molar-refractivity contribution in [1.29, 1.82) is 0 Å². The molecule has 2 aromatic carbocycles. The smallest absolute Gasteiger partial charge is 0.322 e. The van der Waals surface area contributed by atoms with Crippen LogP contribution in [0.1, 0.15) is 43.4 Å². The summed E-state index contributed by atoms with van der Waals surface area (Å²) in [6.07, 6.45) is 3.65. The minimum absolute atomic E-state index is 0.0524. The largest absolute Gasteiger partial charge is 0.336 e. The van der Waals surface area contributed by atoms with Crippen LogP contribution < -0.4 is 10.6 Å². The summed E-state index contributed by atoms with van der Waals surface area (Å²) in [4.78, 5) is 45.3. The van der Waals surface area contributed by atoms with Crippen molar-refractivity contribution in [2.75, 3.05) is 25.0 Å². The fourth-order valence-electron chi connectivity index (χ4n) is 6.14. The number of hydrogen-bond acceptors (Lipinski definition) is 4. The molecule has 1 saturated heterocycles. The van der Waals surface area contributed by atoms with Crippen LogP contribution in [-0.4, -0.2) is 74.6 Å². The van der Waals surface area contributed by atoms with E-state index < -0.39 is 6.04 Å². The number of fused-ring (bicyclic) bond motifs is 4. The number of rotatable bonds is 4. The average Bonchev–Trinajstić information content (AvgIpc) is 3.37. The number of carbonyl (C=O) groups excluding carboxylic acids is 3. The number of amides is 5. The topological polar surface area (TPSA) is 114 Å². The number of aromatic amines is 1. The van der Waals surface area contributed by atoms with Gasteiger partial charge < -0.3 is 25.3 Å². The maximum absolute atomic E-state index is 13.7. The first-order valence-electron chi connectivity index (χ1n) is 13.8. The summed E-state index contributed by atoms with van der Waals surface area (Å²) in [5.74, 6) is 0.247. The minimum atomic E-state index is -0.635. The Morgan fingerprint density at radius 3 is 2.67 bits per heavy atom. The molecule has 39 heavy (non-hydrogen) atoms. The van der Waals surface area contributed by atoms with Gasteiger partial charge in [0, 0.05) is 56.3 Å². The van der Waals surface area contributed by atoms with Crippen LogP contribution in [-0.2, 0) is 24.3 Å². The molecule has 5 amide bonds. The van der Waals surface area contributed by atoms with E-state index in [0.29, 0.717) is 57.9 Å². The van der Waals surface area contributed by atoms with Gasteiger partial charge in [0.2, 0.25) is 5.91 Å². The first-order chi connectivity index (χ1) is 18.9. The molecule has 0 saturated carbocycles. The van der Waals surface area contributed by atoms with Gasteiger partial charge in [-0.2, -0.15) is 5.10 Å². The van der Waals surface area contributed by atoms with Crippen LogP contribution >= 0.6 is 0 Å². The molecule has 3 aliphatic rings. The molecule has 3 N–H and O–H groups in total. The molecular weight excluding hydrogens is 494 g/mol. The van der Waals surface area contributed by atoms with E-state index in [-0.39, 0.29) is 24.0 Å². The van der Waals surface area contributed by atoms with Crippen molar-refractivity contribution in [3.8, 4) is 0 Å². The van der Waals surface area contributed by atoms with Gasteiger partial charge in [0.05, 0.1) is 11.7 Å². The summed E-state index contributed by atoms with van der Waals surface area (Å²) in [7, 11) is 0. The Balaban J connectivity index is 1.13. The third kappa shape index (κ3) is 4.91. The quantitative estimate of drug-likeness (QED) is 0.478. The first kappa shape index (κ1) is 25.2. The molecule has 204 valence electrons. The van der Waals surface area contributed by atoms with E-state index in [0.717, 1.165) is 33.3 Å². The fraction of sp³-hybridized carbons (Fsp3) is 0.448. The molecule has 1 fully saturated rings. The standard InChI is InChI=1S/C29H35N7O3/c1-18(2)15-35-17-23-19(7-8-25-22(23)14-30-33-25)13-26(27(35)37)32-28(38)34-11-9-21(10-12-34)36-16-20-5-3-4-6-24(20)31-29(36)39/h3-8,14,18,21,26H,9-13,15-17H2,1-2H3,(H,30,33)(H,31,39)(H,32,38)/t26-/m1/s1. The number of para-hydroxylation sites is 1. The maximum atomic E-state index is 13.7. The monoisotopic (exact) mass is 529 g/mol. The van der Waals surface area contributed by atoms with Gasteiger partial charge >= 0.3 is 12.1 Å². The highest BCUT2D eigenvalue weighted by molar-refractivity contribution is 5.93. The lowest BCUT2D eigenvalue weighted by atomic mass is 9.98. The van der Waals surface area contributed by atoms with Gasteiger partial charge in [0.1, 0.15) is 6.04 Å². The fourth-order valence-corrected chi connectivity index (χ4v) is 6.14. The highest BCUT2D eigenvalue weighted by Crippen LogP contribution is 2.29. The second kappa shape index (κ2) is 10.2. The normalized spacial score (nSPS) is 20.1. The Hall–Kier alpha value is -4.08. The molecule has 0 aliphatic carbocycles. The number of nitrogens with one attached hydrogen (secondary N) is 3. The van der Waals surface area contributed by atoms with Gasteiger partial charge in [-0.05, 0) is 47.6 Å². The number of benzene rings is 2. The van der Waals surface area contributed by atoms with Crippen molar-refractivity contribution >= 4 is 34.6 Å². The van der Waals surface area contributed by atoms with Gasteiger partial charge in [-0.25, -0.2) is 9.59 Å². The van der Waals surface area contributed by atoms with Crippen molar-refractivity contribution in [1.82, 2.24) is 30.2 Å². The predicted octanol–water partition coefficient (Wildman–Crippen LogP) is 3.69. The Bertz CT molecular complexity index is 1410. The molecule has 0 bridgehead atoms. The molecule has 1 aromatic heterocycles. The Morgan fingerprint density at radius 2 is 1.87 bits per heavy atom. The third-order valence-corrected chi connectivity index (χ3v) is 8.15. The summed E-state index contributed by atoms with van der Waals surface area (Å²) in [5.41, 5.74) is 5.06. The van der Waals surface area contributed by atoms with Crippen LogP contribution in [0.25, 0.3) is 10.9 Å². The summed E-state index contributed by atoms with van der Waals surface area (Å²) in [5, 5.41) is 14.3. The number of piperidine rings is 1. The van der Waals surface area contributed by atoms with Crippen LogP contribution in [0, 0.1) is 5.92 Å². The van der Waals surface area contributed by atoms with Crippen LogP contribution in [0.15, 0.2) is 42.6 Å². The van der Waals surface area contributed by atoms with E-state index >= 15 is 0 Å². The molecule has 6 rings (SSSR count). The molecule has 0 unspecified atom stereocenters. The highest BCUT2D eigenvalue weighted by Gasteiger charge is 2.36. The highest BCUT2D eigenvalue weighted by atomic mass is 16.2. The van der Waals surface area contributed by atoms with E-state index in [1.54, 1.807) is 4.90 Å². The lowest BCUT2D eigenvalue weighted by Crippen LogP contribution is -2.56. The van der Waals surface area contributed by atoms with Crippen LogP contribution in [0.2, 0.25) is 0 Å². The lowest BCUT2D eigenvalue weighted by Gasteiger charge is -2.40. The second-order valence-corrected chi connectivity index (χ2v) is 11.3. The van der Waals surface area contributed by atoms with E-state index in [1.807, 2.05) is 52.4 Å². The summed E-state index contributed by atoms with van der Waals surface area (Å²) in [6.45, 7) is 6.94. The summed E-state index contributed by atoms with van der Waals surface area (Å²) >= 11 is 0. The Kier molecular flexibility index (Phi) is 6.62. The molecule has 10 nitrogen and oxygen atoms in total. The zero-order valence-electron chi connectivity index (χ0n) is 22.4. The molecule has 10 heteroatoms. The number of urea groups is 2. The zero-order chi connectivity index (χ0) is 27.1. The van der Waals surface area contributed by atoms with Crippen molar-refractivity contribution < 1.29 is 14.4 Å². The molecule has 4 heterocycles. The van der Waals surface area contributed by atoms with Gasteiger partial charge in [0.25, 0.3) is 0 Å². The number of anilines is 1. The Morgan fingerprint density at radius 1 is 1.08 bits per heavy atom. The number of H-pyrrole nitrogens is 1. The molecule has 1 atom stereocenters. The number of carbonyl (C=O) groups is 3. The van der Waals surface area contributed by atoms with E-state index in [2.05, 4.69) is 34.7 Å². The second-order valence-electron chi connectivity index (χ2n) is 11.3. The van der Waals surface area contributed by atoms with Crippen LogP contribution in [0.3, 0.4) is 0 Å². The predicted molar refractivity (Wildman–Crippen MR) is 148 cm³/mol. The van der Waals surface area contributed by atoms with Gasteiger partial charge in [-0.1, -0.05) is 38.1 Å². The van der Waals surface area contributed by atoms with Gasteiger partial charge in [-0.3, -0.25) is 9.89 Å². The number of hydrogen-bond donors (Lipinski definition) is 3. The van der Waals surface area contributed by atoms with Gasteiger partial charge in [-0.15, -0.1) is 0 Å². The van der Waals surface area contributed by atoms with Crippen molar-refractivity contribution in [2.45, 2.75) is 58.3 Å². The van der Waals surface area contributed by atoms with Crippen LogP contribution in [0.5, 0.6) is 0 Å². The first-order valence-corrected chi connectivity index (χ1v) is 13.8. The molecule has 0 radical (unpaired) electrons. The third-order valence-electron chi connectivity index (χ3n) is 8.15. The zero-order valence-corrected chi connectivity index (χ0v) is 22.4. The molecule has 3 aliphatic heterocycles. The van der Waals surface area contributed by atoms with Crippen molar-refractivity contribution in [2.24, 2.45) is 5.92 Å². The van der Waals surface area contributed by atoms with E-state index in [9.17, 15) is 14.4 Å². The van der Waals surface area contributed by atoms with Crippen molar-refractivity contribution in [3.05, 3.63) is 59.3 Å². The number of nitrogens with zero attached hydrogens (tertiary/aromatic N) is 4. The van der Waals surface area contributed by atoms with E-state index in [1.165, 1.54) is 0 Å². The molecular formula is C29H35N7O3. The maximum Gasteiger partial charge on any atom is 0.322 e. The average molecular weight is 530 g/mol. The molecule has 0 spiro atoms. The molecule has 3 aromatic rings. The van der Waals surface area contributed by atoms with Gasteiger partial charge in [0.15, 0.2) is 0 Å². The van der Waals surface area contributed by atoms with Crippen molar-refractivity contribution in [3.63, 3.8) is 0 Å². The Labute approximate surface area is 227 Å². The minimum Gasteiger partial charge on any atom is -0.336 e. The van der Waals surface area contributed by atoms with Crippen LogP contribution in [0.4, 0.5) is 15.3 Å². The summed E-state index contributed by atoms with van der Waals surface area (Å²) < 4.78 is 0. The summed E-state index contributed by atoms with van der Waals surface area (Å²) in [6, 6.07) is 11.0. The number of likely N-dealkylation sites (tertiary alicyclic amines) is 1. The number of aromatic nitrogens is 2.